The van der Waals surface area contributed by atoms with Crippen LogP contribution in [0.3, 0.4) is 0 Å². The molecule has 1 fully saturated rings. The normalized spacial score (nSPS) is 17.9. The molecular formula is C25H27F3N4O2S2. The maximum absolute atomic E-state index is 13.4. The predicted octanol–water partition coefficient (Wildman–Crippen LogP) is 4.96. The number of nitrogens with two attached hydrogens (primary N) is 1. The number of methoxy groups -OCH3 is 1. The third kappa shape index (κ3) is 6.49. The Morgan fingerprint density at radius 2 is 1.97 bits per heavy atom. The fourth-order valence-corrected chi connectivity index (χ4v) is 5.81. The molecule has 2 aromatic carbocycles. The summed E-state index contributed by atoms with van der Waals surface area (Å²) in [5.41, 5.74) is 2.21. The molecule has 4 rings (SSSR count). The van der Waals surface area contributed by atoms with Crippen molar-refractivity contribution < 1.29 is 22.1 Å². The molecule has 192 valence electrons. The van der Waals surface area contributed by atoms with E-state index in [1.54, 1.807) is 31.4 Å². The van der Waals surface area contributed by atoms with E-state index in [0.29, 0.717) is 33.8 Å². The fourth-order valence-electron chi connectivity index (χ4n) is 4.19. The lowest BCUT2D eigenvalue weighted by Gasteiger charge is -2.24. The zero-order valence-corrected chi connectivity index (χ0v) is 21.3. The summed E-state index contributed by atoms with van der Waals surface area (Å²) in [6.07, 6.45) is -2.87. The lowest BCUT2D eigenvalue weighted by molar-refractivity contribution is -0.140. The molecule has 0 saturated carbocycles. The number of hydrogen-bond donors (Lipinski definition) is 3. The fraction of sp³-hybridized carbons (Fsp3) is 0.360. The van der Waals surface area contributed by atoms with Crippen LogP contribution in [0.25, 0.3) is 10.9 Å². The number of alkyl halides is 3. The van der Waals surface area contributed by atoms with Crippen LogP contribution in [0, 0.1) is 11.8 Å². The highest BCUT2D eigenvalue weighted by Crippen LogP contribution is 2.31. The Morgan fingerprint density at radius 3 is 2.67 bits per heavy atom. The number of fused-ring (bicyclic) bond motifs is 1. The topological polar surface area (TPSA) is 81.3 Å². The molecule has 0 amide bonds. The van der Waals surface area contributed by atoms with Crippen molar-refractivity contribution in [2.75, 3.05) is 35.8 Å². The lowest BCUT2D eigenvalue weighted by atomic mass is 10.1. The SMILES string of the molecule is COc1cc(SN)ccc1NCC#Cc1cc2c(NC3CCS(=O)CC3)cccc2n1CC(F)(F)F. The van der Waals surface area contributed by atoms with E-state index in [1.807, 2.05) is 18.2 Å². The van der Waals surface area contributed by atoms with Crippen LogP contribution in [-0.4, -0.2) is 46.2 Å². The quantitative estimate of drug-likeness (QED) is 0.293. The summed E-state index contributed by atoms with van der Waals surface area (Å²) in [4.78, 5) is 0.839. The van der Waals surface area contributed by atoms with Crippen molar-refractivity contribution in [3.8, 4) is 17.6 Å². The van der Waals surface area contributed by atoms with Crippen molar-refractivity contribution in [1.82, 2.24) is 4.57 Å². The molecule has 11 heteroatoms. The van der Waals surface area contributed by atoms with Crippen LogP contribution in [0.5, 0.6) is 5.75 Å². The van der Waals surface area contributed by atoms with Crippen LogP contribution in [-0.2, 0) is 17.3 Å². The van der Waals surface area contributed by atoms with Gasteiger partial charge >= 0.3 is 6.18 Å². The van der Waals surface area contributed by atoms with Crippen molar-refractivity contribution in [2.24, 2.45) is 5.14 Å². The molecule has 0 atom stereocenters. The molecule has 0 aliphatic carbocycles. The van der Waals surface area contributed by atoms with Gasteiger partial charge < -0.3 is 19.9 Å². The first-order valence-corrected chi connectivity index (χ1v) is 13.7. The Morgan fingerprint density at radius 1 is 1.19 bits per heavy atom. The van der Waals surface area contributed by atoms with Gasteiger partial charge in [0.15, 0.2) is 0 Å². The van der Waals surface area contributed by atoms with Crippen molar-refractivity contribution in [3.05, 3.63) is 48.2 Å². The van der Waals surface area contributed by atoms with Gasteiger partial charge in [0.05, 0.1) is 30.6 Å². The molecule has 2 heterocycles. The Bertz CT molecular complexity index is 1300. The summed E-state index contributed by atoms with van der Waals surface area (Å²) < 4.78 is 58.6. The maximum atomic E-state index is 13.4. The molecule has 4 N–H and O–H groups in total. The van der Waals surface area contributed by atoms with Crippen LogP contribution >= 0.6 is 11.9 Å². The first-order chi connectivity index (χ1) is 17.3. The monoisotopic (exact) mass is 536 g/mol. The second-order valence-electron chi connectivity index (χ2n) is 8.37. The molecule has 1 saturated heterocycles. The van der Waals surface area contributed by atoms with E-state index in [2.05, 4.69) is 22.5 Å². The molecule has 1 aliphatic heterocycles. The highest BCUT2D eigenvalue weighted by atomic mass is 32.2. The van der Waals surface area contributed by atoms with E-state index < -0.39 is 23.5 Å². The van der Waals surface area contributed by atoms with Crippen LogP contribution in [0.4, 0.5) is 24.5 Å². The number of halogens is 3. The van der Waals surface area contributed by atoms with Gasteiger partial charge in [-0.3, -0.25) is 9.35 Å². The zero-order chi connectivity index (χ0) is 25.7. The number of ether oxygens (including phenoxy) is 1. The number of rotatable bonds is 7. The van der Waals surface area contributed by atoms with E-state index >= 15 is 0 Å². The summed E-state index contributed by atoms with van der Waals surface area (Å²) in [5, 5.41) is 12.9. The molecule has 0 radical (unpaired) electrons. The van der Waals surface area contributed by atoms with Crippen LogP contribution in [0.15, 0.2) is 47.4 Å². The highest BCUT2D eigenvalue weighted by molar-refractivity contribution is 7.97. The summed E-state index contributed by atoms with van der Waals surface area (Å²) >= 11 is 1.10. The van der Waals surface area contributed by atoms with Crippen molar-refractivity contribution in [2.45, 2.75) is 36.5 Å². The zero-order valence-electron chi connectivity index (χ0n) is 19.7. The first kappa shape index (κ1) is 26.3. The largest absolute Gasteiger partial charge is 0.495 e. The molecule has 0 bridgehead atoms. The second-order valence-corrected chi connectivity index (χ2v) is 10.8. The van der Waals surface area contributed by atoms with Crippen LogP contribution < -0.4 is 20.5 Å². The molecule has 6 nitrogen and oxygen atoms in total. The Labute approximate surface area is 214 Å². The van der Waals surface area contributed by atoms with Crippen LogP contribution in [0.2, 0.25) is 0 Å². The van der Waals surface area contributed by atoms with Gasteiger partial charge in [0, 0.05) is 44.3 Å². The van der Waals surface area contributed by atoms with Gasteiger partial charge in [-0.25, -0.2) is 0 Å². The second kappa shape index (κ2) is 11.5. The molecule has 36 heavy (non-hydrogen) atoms. The van der Waals surface area contributed by atoms with E-state index in [0.717, 1.165) is 35.4 Å². The first-order valence-electron chi connectivity index (χ1n) is 11.4. The Balaban J connectivity index is 1.59. The summed E-state index contributed by atoms with van der Waals surface area (Å²) in [6.45, 7) is -0.921. The van der Waals surface area contributed by atoms with E-state index in [4.69, 9.17) is 9.88 Å². The highest BCUT2D eigenvalue weighted by Gasteiger charge is 2.30. The van der Waals surface area contributed by atoms with E-state index in [-0.39, 0.29) is 18.3 Å². The number of benzene rings is 2. The standard InChI is InChI=1S/C25H27F3N4O2S2/c1-34-24-15-19(35-29)7-8-22(24)30-11-3-4-18-14-20-21(31-17-9-12-36(33)13-10-17)5-2-6-23(20)32(18)16-25(26,27)28/h2,5-8,14-15,17,30-31H,9-13,16,29H2,1H3. The van der Waals surface area contributed by atoms with E-state index in [1.165, 1.54) is 4.57 Å². The molecule has 3 aromatic rings. The van der Waals surface area contributed by atoms with Gasteiger partial charge in [-0.15, -0.1) is 0 Å². The minimum atomic E-state index is -4.40. The minimum Gasteiger partial charge on any atom is -0.495 e. The average Bonchev–Trinajstić information content (AvgIpc) is 3.20. The predicted molar refractivity (Wildman–Crippen MR) is 141 cm³/mol. The molecule has 0 unspecified atom stereocenters. The number of aromatic nitrogens is 1. The number of hydrogen-bond acceptors (Lipinski definition) is 6. The number of nitrogens with one attached hydrogen (secondary N) is 2. The van der Waals surface area contributed by atoms with Crippen LogP contribution in [0.1, 0.15) is 18.5 Å². The molecule has 1 aromatic heterocycles. The minimum absolute atomic E-state index is 0.136. The Hall–Kier alpha value is -2.81. The summed E-state index contributed by atoms with van der Waals surface area (Å²) in [7, 11) is 0.759. The van der Waals surface area contributed by atoms with Crippen molar-refractivity contribution in [3.63, 3.8) is 0 Å². The Kier molecular flexibility index (Phi) is 8.39. The lowest BCUT2D eigenvalue weighted by Crippen LogP contribution is -2.29. The molecular weight excluding hydrogens is 509 g/mol. The van der Waals surface area contributed by atoms with E-state index in [9.17, 15) is 17.4 Å². The molecule has 1 aliphatic rings. The van der Waals surface area contributed by atoms with Crippen molar-refractivity contribution in [1.29, 1.82) is 0 Å². The average molecular weight is 537 g/mol. The maximum Gasteiger partial charge on any atom is 0.406 e. The molecule has 0 spiro atoms. The van der Waals surface area contributed by atoms with Gasteiger partial charge in [0.2, 0.25) is 0 Å². The number of nitrogens with zero attached hydrogens (tertiary/aromatic N) is 1. The van der Waals surface area contributed by atoms with Gasteiger partial charge in [0.1, 0.15) is 12.3 Å². The third-order valence-corrected chi connectivity index (χ3v) is 7.83. The van der Waals surface area contributed by atoms with Gasteiger partial charge in [-0.1, -0.05) is 12.0 Å². The third-order valence-electron chi connectivity index (χ3n) is 5.92. The number of anilines is 2. The summed E-state index contributed by atoms with van der Waals surface area (Å²) in [6, 6.07) is 12.6. The van der Waals surface area contributed by atoms with Gasteiger partial charge in [-0.05, 0) is 67.1 Å². The van der Waals surface area contributed by atoms with Gasteiger partial charge in [-0.2, -0.15) is 13.2 Å². The van der Waals surface area contributed by atoms with Gasteiger partial charge in [0.25, 0.3) is 0 Å². The summed E-state index contributed by atoms with van der Waals surface area (Å²) in [5.74, 6) is 7.70. The van der Waals surface area contributed by atoms with Crippen molar-refractivity contribution >= 4 is 45.0 Å². The smallest absolute Gasteiger partial charge is 0.406 e.